The van der Waals surface area contributed by atoms with Crippen LogP contribution in [0.2, 0.25) is 0 Å². The minimum Gasteiger partial charge on any atom is -0.371 e. The molecule has 132 valence electrons. The summed E-state index contributed by atoms with van der Waals surface area (Å²) >= 11 is 1.68. The van der Waals surface area contributed by atoms with Crippen LogP contribution in [0.4, 0.5) is 4.79 Å². The summed E-state index contributed by atoms with van der Waals surface area (Å²) < 4.78 is 6.05. The van der Waals surface area contributed by atoms with Crippen molar-refractivity contribution in [2.45, 2.75) is 37.3 Å². The maximum atomic E-state index is 13.0. The second-order valence-corrected chi connectivity index (χ2v) is 7.95. The standard InChI is InChI=1S/C20H24N2O2S/c23-19(22-12-13-24-20(15-22)10-4-5-11-20)21-18(17-9-6-14-25-17)16-7-2-1-3-8-16/h1-3,6-9,14,18H,4-5,10-13,15H2,(H,21,23)/t18-/m1/s1. The van der Waals surface area contributed by atoms with Crippen molar-refractivity contribution >= 4 is 17.4 Å². The topological polar surface area (TPSA) is 41.6 Å². The van der Waals surface area contributed by atoms with Gasteiger partial charge in [0.1, 0.15) is 0 Å². The number of carbonyl (C=O) groups excluding carboxylic acids is 1. The summed E-state index contributed by atoms with van der Waals surface area (Å²) in [6.07, 6.45) is 4.56. The first-order valence-corrected chi connectivity index (χ1v) is 9.92. The van der Waals surface area contributed by atoms with Crippen LogP contribution in [-0.4, -0.2) is 36.2 Å². The summed E-state index contributed by atoms with van der Waals surface area (Å²) in [4.78, 5) is 16.1. The van der Waals surface area contributed by atoms with Crippen LogP contribution in [-0.2, 0) is 4.74 Å². The Balaban J connectivity index is 1.51. The fourth-order valence-electron chi connectivity index (χ4n) is 3.97. The van der Waals surface area contributed by atoms with E-state index in [2.05, 4.69) is 28.9 Å². The molecule has 0 radical (unpaired) electrons. The van der Waals surface area contributed by atoms with Crippen molar-refractivity contribution in [3.63, 3.8) is 0 Å². The van der Waals surface area contributed by atoms with E-state index in [-0.39, 0.29) is 17.7 Å². The van der Waals surface area contributed by atoms with Gasteiger partial charge < -0.3 is 15.0 Å². The molecular weight excluding hydrogens is 332 g/mol. The molecule has 1 saturated heterocycles. The number of amides is 2. The number of nitrogens with one attached hydrogen (secondary N) is 1. The van der Waals surface area contributed by atoms with Crippen molar-refractivity contribution in [2.75, 3.05) is 19.7 Å². The molecule has 0 unspecified atom stereocenters. The van der Waals surface area contributed by atoms with Gasteiger partial charge in [0.2, 0.25) is 0 Å². The van der Waals surface area contributed by atoms with Gasteiger partial charge in [0.05, 0.1) is 24.8 Å². The molecule has 1 N–H and O–H groups in total. The number of rotatable bonds is 3. The van der Waals surface area contributed by atoms with Gasteiger partial charge in [0.15, 0.2) is 0 Å². The number of hydrogen-bond acceptors (Lipinski definition) is 3. The molecule has 2 aliphatic rings. The summed E-state index contributed by atoms with van der Waals surface area (Å²) in [5.41, 5.74) is 1.02. The predicted molar refractivity (Wildman–Crippen MR) is 99.9 cm³/mol. The summed E-state index contributed by atoms with van der Waals surface area (Å²) in [6, 6.07) is 14.2. The van der Waals surface area contributed by atoms with Gasteiger partial charge in [0, 0.05) is 11.4 Å². The largest absolute Gasteiger partial charge is 0.371 e. The molecule has 2 amide bonds. The number of hydrogen-bond donors (Lipinski definition) is 1. The molecule has 25 heavy (non-hydrogen) atoms. The highest BCUT2D eigenvalue weighted by atomic mass is 32.1. The van der Waals surface area contributed by atoms with E-state index in [1.807, 2.05) is 29.2 Å². The smallest absolute Gasteiger partial charge is 0.318 e. The van der Waals surface area contributed by atoms with Crippen LogP contribution < -0.4 is 5.32 Å². The molecule has 1 atom stereocenters. The zero-order valence-corrected chi connectivity index (χ0v) is 15.1. The lowest BCUT2D eigenvalue weighted by Crippen LogP contribution is -2.55. The average Bonchev–Trinajstić information content (AvgIpc) is 3.33. The van der Waals surface area contributed by atoms with E-state index in [0.29, 0.717) is 19.7 Å². The summed E-state index contributed by atoms with van der Waals surface area (Å²) in [7, 11) is 0. The molecule has 1 aromatic heterocycles. The van der Waals surface area contributed by atoms with Crippen molar-refractivity contribution < 1.29 is 9.53 Å². The average molecular weight is 356 g/mol. The van der Waals surface area contributed by atoms with E-state index in [9.17, 15) is 4.79 Å². The molecule has 2 fully saturated rings. The van der Waals surface area contributed by atoms with Crippen molar-refractivity contribution in [1.29, 1.82) is 0 Å². The zero-order valence-electron chi connectivity index (χ0n) is 14.3. The minimum atomic E-state index is -0.101. The van der Waals surface area contributed by atoms with Crippen molar-refractivity contribution in [3.05, 3.63) is 58.3 Å². The van der Waals surface area contributed by atoms with Crippen LogP contribution in [0.1, 0.15) is 42.2 Å². The highest BCUT2D eigenvalue weighted by Crippen LogP contribution is 2.36. The third-order valence-electron chi connectivity index (χ3n) is 5.28. The minimum absolute atomic E-state index is 0.0110. The lowest BCUT2D eigenvalue weighted by molar-refractivity contribution is -0.0926. The lowest BCUT2D eigenvalue weighted by atomic mass is 10.00. The van der Waals surface area contributed by atoms with Gasteiger partial charge in [-0.15, -0.1) is 11.3 Å². The Morgan fingerprint density at radius 3 is 2.68 bits per heavy atom. The molecule has 4 nitrogen and oxygen atoms in total. The second-order valence-electron chi connectivity index (χ2n) is 6.97. The Labute approximate surface area is 152 Å². The maximum absolute atomic E-state index is 13.0. The first-order chi connectivity index (χ1) is 12.3. The van der Waals surface area contributed by atoms with Gasteiger partial charge in [-0.1, -0.05) is 49.2 Å². The quantitative estimate of drug-likeness (QED) is 0.896. The third kappa shape index (κ3) is 3.58. The Bertz CT molecular complexity index is 696. The number of morpholine rings is 1. The Morgan fingerprint density at radius 2 is 1.96 bits per heavy atom. The Morgan fingerprint density at radius 1 is 1.16 bits per heavy atom. The molecule has 1 aliphatic heterocycles. The van der Waals surface area contributed by atoms with Crippen molar-refractivity contribution in [3.8, 4) is 0 Å². The van der Waals surface area contributed by atoms with Crippen molar-refractivity contribution in [2.24, 2.45) is 0 Å². The van der Waals surface area contributed by atoms with Gasteiger partial charge in [-0.3, -0.25) is 0 Å². The fourth-order valence-corrected chi connectivity index (χ4v) is 4.78. The van der Waals surface area contributed by atoms with E-state index in [1.54, 1.807) is 11.3 Å². The molecule has 0 bridgehead atoms. The normalized spacial score (nSPS) is 20.6. The predicted octanol–water partition coefficient (Wildman–Crippen LogP) is 4.19. The van der Waals surface area contributed by atoms with Gasteiger partial charge in [-0.2, -0.15) is 0 Å². The SMILES string of the molecule is O=C(N[C@H](c1ccccc1)c1cccs1)N1CCOC2(CCCC2)C1. The number of nitrogens with zero attached hydrogens (tertiary/aromatic N) is 1. The summed E-state index contributed by atoms with van der Waals surface area (Å²) in [5, 5.41) is 5.31. The van der Waals surface area contributed by atoms with E-state index in [1.165, 1.54) is 12.8 Å². The van der Waals surface area contributed by atoms with Crippen LogP contribution >= 0.6 is 11.3 Å². The molecule has 4 rings (SSSR count). The molecule has 1 saturated carbocycles. The highest BCUT2D eigenvalue weighted by molar-refractivity contribution is 7.10. The highest BCUT2D eigenvalue weighted by Gasteiger charge is 2.40. The van der Waals surface area contributed by atoms with Gasteiger partial charge >= 0.3 is 6.03 Å². The Hall–Kier alpha value is -1.85. The molecular formula is C20H24N2O2S. The molecule has 1 spiro atoms. The monoisotopic (exact) mass is 356 g/mol. The molecule has 1 aliphatic carbocycles. The first-order valence-electron chi connectivity index (χ1n) is 9.04. The molecule has 2 heterocycles. The van der Waals surface area contributed by atoms with Crippen LogP contribution in [0.25, 0.3) is 0 Å². The molecule has 5 heteroatoms. The number of urea groups is 1. The van der Waals surface area contributed by atoms with E-state index in [4.69, 9.17) is 4.74 Å². The summed E-state index contributed by atoms with van der Waals surface area (Å²) in [5.74, 6) is 0. The third-order valence-corrected chi connectivity index (χ3v) is 6.22. The number of thiophene rings is 1. The number of benzene rings is 1. The molecule has 1 aromatic carbocycles. The van der Waals surface area contributed by atoms with E-state index < -0.39 is 0 Å². The van der Waals surface area contributed by atoms with Crippen molar-refractivity contribution in [1.82, 2.24) is 10.2 Å². The van der Waals surface area contributed by atoms with E-state index >= 15 is 0 Å². The van der Waals surface area contributed by atoms with Crippen LogP contribution in [0.5, 0.6) is 0 Å². The number of ether oxygens (including phenoxy) is 1. The van der Waals surface area contributed by atoms with Crippen LogP contribution in [0, 0.1) is 0 Å². The fraction of sp³-hybridized carbons (Fsp3) is 0.450. The van der Waals surface area contributed by atoms with Crippen LogP contribution in [0.15, 0.2) is 47.8 Å². The summed E-state index contributed by atoms with van der Waals surface area (Å²) in [6.45, 7) is 2.02. The van der Waals surface area contributed by atoms with Gasteiger partial charge in [-0.25, -0.2) is 4.79 Å². The van der Waals surface area contributed by atoms with Crippen LogP contribution in [0.3, 0.4) is 0 Å². The maximum Gasteiger partial charge on any atom is 0.318 e. The van der Waals surface area contributed by atoms with E-state index in [0.717, 1.165) is 23.3 Å². The van der Waals surface area contributed by atoms with Gasteiger partial charge in [0.25, 0.3) is 0 Å². The Kier molecular flexibility index (Phi) is 4.77. The number of carbonyl (C=O) groups is 1. The van der Waals surface area contributed by atoms with Gasteiger partial charge in [-0.05, 0) is 29.9 Å². The zero-order chi connectivity index (χ0) is 17.1. The first kappa shape index (κ1) is 16.6. The lowest BCUT2D eigenvalue weighted by Gasteiger charge is -2.40. The second kappa shape index (κ2) is 7.18. The molecule has 2 aromatic rings.